The quantitative estimate of drug-likeness (QED) is 0.598. The van der Waals surface area contributed by atoms with Crippen LogP contribution in [0.3, 0.4) is 0 Å². The summed E-state index contributed by atoms with van der Waals surface area (Å²) in [4.78, 5) is 30.9. The zero-order valence-corrected chi connectivity index (χ0v) is 15.9. The molecule has 1 aliphatic carbocycles. The minimum Gasteiger partial charge on any atom is -0.367 e. The lowest BCUT2D eigenvalue weighted by molar-refractivity contribution is 0.103. The standard InChI is InChI=1S/C14H16N6O2.2C2H6/c21-13(12-3-4-17-20-12)11-7-15-8-16-14(11)19-10-2-1-9(5-10)6-18-22;2*1-2/h3-4,7-10H,1-2,5-6H2,(H,17,20)(H,15,16,19);2*1-2H3. The Kier molecular flexibility index (Phi) is 9.74. The Morgan fingerprint density at radius 2 is 2.08 bits per heavy atom. The van der Waals surface area contributed by atoms with Crippen molar-refractivity contribution in [3.8, 4) is 0 Å². The number of aromatic amines is 1. The molecule has 1 fully saturated rings. The van der Waals surface area contributed by atoms with Crippen LogP contribution < -0.4 is 5.32 Å². The SMILES string of the molecule is CC.CC.O=NCC1CCC(Nc2ncncc2C(=O)c2ccn[nH]2)C1. The van der Waals surface area contributed by atoms with Crippen LogP contribution in [0.25, 0.3) is 0 Å². The zero-order chi connectivity index (χ0) is 19.4. The van der Waals surface area contributed by atoms with Crippen molar-refractivity contribution in [2.45, 2.75) is 53.0 Å². The molecule has 2 N–H and O–H groups in total. The maximum atomic E-state index is 12.4. The van der Waals surface area contributed by atoms with Crippen LogP contribution in [0.15, 0.2) is 30.0 Å². The second-order valence-corrected chi connectivity index (χ2v) is 5.42. The van der Waals surface area contributed by atoms with Gasteiger partial charge in [-0.15, -0.1) is 0 Å². The van der Waals surface area contributed by atoms with Gasteiger partial charge < -0.3 is 5.32 Å². The first-order valence-electron chi connectivity index (χ1n) is 9.17. The van der Waals surface area contributed by atoms with Gasteiger partial charge in [0.2, 0.25) is 5.78 Å². The normalized spacial score (nSPS) is 18.0. The highest BCUT2D eigenvalue weighted by atomic mass is 16.3. The second kappa shape index (κ2) is 11.8. The van der Waals surface area contributed by atoms with Gasteiger partial charge in [-0.05, 0) is 31.2 Å². The summed E-state index contributed by atoms with van der Waals surface area (Å²) in [6, 6.07) is 1.80. The molecule has 2 aromatic rings. The van der Waals surface area contributed by atoms with Gasteiger partial charge in [0.1, 0.15) is 17.8 Å². The van der Waals surface area contributed by atoms with Crippen molar-refractivity contribution in [1.82, 2.24) is 20.2 Å². The van der Waals surface area contributed by atoms with E-state index in [1.54, 1.807) is 6.07 Å². The Balaban J connectivity index is 0.000000791. The molecule has 0 amide bonds. The van der Waals surface area contributed by atoms with Crippen LogP contribution in [-0.2, 0) is 0 Å². The second-order valence-electron chi connectivity index (χ2n) is 5.42. The minimum absolute atomic E-state index is 0.190. The van der Waals surface area contributed by atoms with Gasteiger partial charge >= 0.3 is 0 Å². The predicted octanol–water partition coefficient (Wildman–Crippen LogP) is 3.83. The Morgan fingerprint density at radius 1 is 1.31 bits per heavy atom. The van der Waals surface area contributed by atoms with E-state index in [9.17, 15) is 9.70 Å². The minimum atomic E-state index is -0.204. The van der Waals surface area contributed by atoms with Crippen LogP contribution in [0.2, 0.25) is 0 Å². The first-order valence-corrected chi connectivity index (χ1v) is 9.17. The summed E-state index contributed by atoms with van der Waals surface area (Å²) >= 11 is 0. The number of carbonyl (C=O) groups is 1. The smallest absolute Gasteiger partial charge is 0.216 e. The summed E-state index contributed by atoms with van der Waals surface area (Å²) in [6.45, 7) is 8.35. The van der Waals surface area contributed by atoms with Gasteiger partial charge in [-0.2, -0.15) is 10.0 Å². The molecule has 8 heteroatoms. The van der Waals surface area contributed by atoms with E-state index in [4.69, 9.17) is 0 Å². The number of aromatic nitrogens is 4. The van der Waals surface area contributed by atoms with E-state index in [-0.39, 0.29) is 11.8 Å². The number of carbonyl (C=O) groups excluding carboxylic acids is 1. The molecular weight excluding hydrogens is 332 g/mol. The van der Waals surface area contributed by atoms with E-state index in [2.05, 4.69) is 30.7 Å². The van der Waals surface area contributed by atoms with Crippen molar-refractivity contribution >= 4 is 11.6 Å². The van der Waals surface area contributed by atoms with Gasteiger partial charge in [-0.1, -0.05) is 32.9 Å². The molecule has 0 radical (unpaired) electrons. The van der Waals surface area contributed by atoms with Gasteiger partial charge in [-0.3, -0.25) is 9.89 Å². The molecule has 2 heterocycles. The first kappa shape index (κ1) is 21.4. The molecule has 0 saturated heterocycles. The molecule has 2 unspecified atom stereocenters. The van der Waals surface area contributed by atoms with Crippen LogP contribution in [0.4, 0.5) is 5.82 Å². The number of nitrogens with zero attached hydrogens (tertiary/aromatic N) is 4. The molecule has 2 aromatic heterocycles. The van der Waals surface area contributed by atoms with E-state index in [0.717, 1.165) is 19.3 Å². The molecule has 1 saturated carbocycles. The van der Waals surface area contributed by atoms with Gasteiger partial charge in [0.15, 0.2) is 0 Å². The number of ketones is 1. The van der Waals surface area contributed by atoms with Crippen molar-refractivity contribution in [3.05, 3.63) is 41.0 Å². The molecule has 0 aliphatic heterocycles. The van der Waals surface area contributed by atoms with Crippen LogP contribution in [0.5, 0.6) is 0 Å². The van der Waals surface area contributed by atoms with Crippen LogP contribution >= 0.6 is 0 Å². The fourth-order valence-corrected chi connectivity index (χ4v) is 2.81. The van der Waals surface area contributed by atoms with Crippen LogP contribution in [-0.4, -0.2) is 38.5 Å². The summed E-state index contributed by atoms with van der Waals surface area (Å²) in [7, 11) is 0. The molecule has 2 atom stereocenters. The molecule has 3 rings (SSSR count). The third-order valence-corrected chi connectivity index (χ3v) is 3.92. The topological polar surface area (TPSA) is 113 Å². The Hall–Kier alpha value is -2.64. The Morgan fingerprint density at radius 3 is 2.73 bits per heavy atom. The van der Waals surface area contributed by atoms with E-state index in [1.807, 2.05) is 27.7 Å². The maximum absolute atomic E-state index is 12.4. The largest absolute Gasteiger partial charge is 0.367 e. The molecule has 26 heavy (non-hydrogen) atoms. The highest BCUT2D eigenvalue weighted by molar-refractivity contribution is 6.10. The van der Waals surface area contributed by atoms with Gasteiger partial charge in [0.25, 0.3) is 0 Å². The average molecular weight is 360 g/mol. The fourth-order valence-electron chi connectivity index (χ4n) is 2.81. The molecule has 0 spiro atoms. The Bertz CT molecular complexity index is 659. The Labute approximate surface area is 154 Å². The predicted molar refractivity (Wildman–Crippen MR) is 102 cm³/mol. The number of nitrogens with one attached hydrogen (secondary N) is 2. The van der Waals surface area contributed by atoms with E-state index >= 15 is 0 Å². The van der Waals surface area contributed by atoms with Gasteiger partial charge in [0.05, 0.1) is 12.1 Å². The molecule has 0 aromatic carbocycles. The van der Waals surface area contributed by atoms with Crippen LogP contribution in [0, 0.1) is 10.8 Å². The number of anilines is 1. The number of rotatable bonds is 6. The van der Waals surface area contributed by atoms with Crippen LogP contribution in [0.1, 0.15) is 63.0 Å². The lowest BCUT2D eigenvalue weighted by Crippen LogP contribution is -2.20. The summed E-state index contributed by atoms with van der Waals surface area (Å²) in [5.41, 5.74) is 0.802. The fraction of sp³-hybridized carbons (Fsp3) is 0.556. The average Bonchev–Trinajstić information content (AvgIpc) is 3.38. The number of hydrogen-bond acceptors (Lipinski definition) is 7. The molecular formula is C18H28N6O2. The number of nitroso groups, excluding NO2 is 1. The summed E-state index contributed by atoms with van der Waals surface area (Å²) in [5, 5.41) is 12.7. The van der Waals surface area contributed by atoms with Gasteiger partial charge in [-0.25, -0.2) is 9.97 Å². The maximum Gasteiger partial charge on any atom is 0.216 e. The van der Waals surface area contributed by atoms with Crippen molar-refractivity contribution in [2.75, 3.05) is 11.9 Å². The third kappa shape index (κ3) is 5.72. The number of hydrogen-bond donors (Lipinski definition) is 2. The van der Waals surface area contributed by atoms with Crippen molar-refractivity contribution < 1.29 is 4.79 Å². The summed E-state index contributed by atoms with van der Waals surface area (Å²) < 4.78 is 0. The van der Waals surface area contributed by atoms with E-state index in [0.29, 0.717) is 29.5 Å². The highest BCUT2D eigenvalue weighted by Gasteiger charge is 2.26. The molecule has 142 valence electrons. The number of H-pyrrole nitrogens is 1. The third-order valence-electron chi connectivity index (χ3n) is 3.92. The first-order chi connectivity index (χ1) is 12.8. The van der Waals surface area contributed by atoms with Gasteiger partial charge in [0, 0.05) is 18.4 Å². The van der Waals surface area contributed by atoms with E-state index < -0.39 is 0 Å². The molecule has 8 nitrogen and oxygen atoms in total. The summed E-state index contributed by atoms with van der Waals surface area (Å²) in [5.74, 6) is 0.618. The monoisotopic (exact) mass is 360 g/mol. The van der Waals surface area contributed by atoms with Crippen molar-refractivity contribution in [2.24, 2.45) is 11.1 Å². The molecule has 1 aliphatic rings. The zero-order valence-electron chi connectivity index (χ0n) is 15.9. The lowest BCUT2D eigenvalue weighted by atomic mass is 10.1. The van der Waals surface area contributed by atoms with Crippen molar-refractivity contribution in [3.63, 3.8) is 0 Å². The van der Waals surface area contributed by atoms with E-state index in [1.165, 1.54) is 18.7 Å². The highest BCUT2D eigenvalue weighted by Crippen LogP contribution is 2.28. The van der Waals surface area contributed by atoms with Crippen molar-refractivity contribution in [1.29, 1.82) is 0 Å². The molecule has 0 bridgehead atoms. The lowest BCUT2D eigenvalue weighted by Gasteiger charge is -2.15. The summed E-state index contributed by atoms with van der Waals surface area (Å²) in [6.07, 6.45) is 7.18.